The third kappa shape index (κ3) is 3.05. The van der Waals surface area contributed by atoms with Crippen molar-refractivity contribution in [2.75, 3.05) is 5.43 Å². The average Bonchev–Trinajstić information content (AvgIpc) is 2.12. The van der Waals surface area contributed by atoms with E-state index in [4.69, 9.17) is 0 Å². The van der Waals surface area contributed by atoms with Gasteiger partial charge in [-0.25, -0.2) is 0 Å². The molecule has 0 aliphatic heterocycles. The monoisotopic (exact) mass is 193 g/mol. The van der Waals surface area contributed by atoms with E-state index in [1.54, 1.807) is 0 Å². The van der Waals surface area contributed by atoms with Crippen LogP contribution in [0, 0.1) is 6.92 Å². The van der Waals surface area contributed by atoms with Crippen molar-refractivity contribution in [1.29, 1.82) is 0 Å². The van der Waals surface area contributed by atoms with Crippen LogP contribution < -0.4 is 11.0 Å². The molecule has 0 aromatic carbocycles. The van der Waals surface area contributed by atoms with E-state index >= 15 is 0 Å². The zero-order valence-corrected chi connectivity index (χ0v) is 8.72. The third-order valence-electron chi connectivity index (χ3n) is 1.87. The van der Waals surface area contributed by atoms with Gasteiger partial charge in [-0.3, -0.25) is 10.2 Å². The molecule has 0 saturated carbocycles. The number of aromatic nitrogens is 1. The highest BCUT2D eigenvalue weighted by Crippen LogP contribution is 2.04. The lowest BCUT2D eigenvalue weighted by Crippen LogP contribution is -2.07. The van der Waals surface area contributed by atoms with E-state index < -0.39 is 0 Å². The molecule has 0 aliphatic rings. The molecular weight excluding hydrogens is 178 g/mol. The molecule has 0 spiro atoms. The van der Waals surface area contributed by atoms with Gasteiger partial charge in [-0.1, -0.05) is 6.92 Å². The number of hydrogen-bond acceptors (Lipinski definition) is 3. The number of rotatable bonds is 3. The van der Waals surface area contributed by atoms with Crippen LogP contribution in [0.5, 0.6) is 0 Å². The van der Waals surface area contributed by atoms with Gasteiger partial charge in [-0.05, 0) is 26.3 Å². The van der Waals surface area contributed by atoms with Gasteiger partial charge in [0.2, 0.25) is 5.56 Å². The maximum Gasteiger partial charge on any atom is 0.250 e. The van der Waals surface area contributed by atoms with Gasteiger partial charge in [-0.15, -0.1) is 0 Å². The van der Waals surface area contributed by atoms with E-state index in [-0.39, 0.29) is 5.56 Å². The van der Waals surface area contributed by atoms with Crippen LogP contribution in [-0.4, -0.2) is 10.7 Å². The summed E-state index contributed by atoms with van der Waals surface area (Å²) in [6.07, 6.45) is 0.898. The molecule has 1 heterocycles. The van der Waals surface area contributed by atoms with Crippen LogP contribution in [0.25, 0.3) is 0 Å². The molecule has 0 aliphatic carbocycles. The second-order valence-electron chi connectivity index (χ2n) is 3.23. The Morgan fingerprint density at radius 1 is 1.57 bits per heavy atom. The molecule has 2 N–H and O–H groups in total. The Morgan fingerprint density at radius 2 is 2.29 bits per heavy atom. The maximum atomic E-state index is 11.1. The van der Waals surface area contributed by atoms with Crippen molar-refractivity contribution in [3.05, 3.63) is 28.2 Å². The largest absolute Gasteiger partial charge is 0.326 e. The summed E-state index contributed by atoms with van der Waals surface area (Å²) in [4.78, 5) is 13.7. The van der Waals surface area contributed by atoms with E-state index in [9.17, 15) is 4.79 Å². The summed E-state index contributed by atoms with van der Waals surface area (Å²) >= 11 is 0. The summed E-state index contributed by atoms with van der Waals surface area (Å²) < 4.78 is 0. The van der Waals surface area contributed by atoms with Gasteiger partial charge in [0, 0.05) is 17.5 Å². The highest BCUT2D eigenvalue weighted by atomic mass is 16.1. The SMILES string of the molecule is CC/C(C)=N\Nc1cc(C)[nH]c(=O)c1. The first kappa shape index (κ1) is 10.5. The number of H-pyrrole nitrogens is 1. The van der Waals surface area contributed by atoms with Gasteiger partial charge >= 0.3 is 0 Å². The van der Waals surface area contributed by atoms with Crippen molar-refractivity contribution in [2.45, 2.75) is 27.2 Å². The summed E-state index contributed by atoms with van der Waals surface area (Å²) in [5.74, 6) is 0. The first-order valence-corrected chi connectivity index (χ1v) is 4.62. The topological polar surface area (TPSA) is 57.2 Å². The minimum absolute atomic E-state index is 0.114. The molecule has 0 amide bonds. The Bertz CT molecular complexity index is 393. The average molecular weight is 193 g/mol. The lowest BCUT2D eigenvalue weighted by atomic mass is 10.3. The standard InChI is InChI=1S/C10H15N3O/c1-4-7(2)12-13-9-5-8(3)11-10(14)6-9/h5-6H,4H2,1-3H3,(H2,11,13,14)/b12-7-. The number of nitrogens with zero attached hydrogens (tertiary/aromatic N) is 1. The van der Waals surface area contributed by atoms with Crippen LogP contribution >= 0.6 is 0 Å². The van der Waals surface area contributed by atoms with Crippen LogP contribution in [0.3, 0.4) is 0 Å². The first-order valence-electron chi connectivity index (χ1n) is 4.62. The molecule has 1 aromatic heterocycles. The zero-order valence-electron chi connectivity index (χ0n) is 8.72. The summed E-state index contributed by atoms with van der Waals surface area (Å²) in [5, 5.41) is 4.11. The van der Waals surface area contributed by atoms with Crippen LogP contribution in [0.2, 0.25) is 0 Å². The number of nitrogens with one attached hydrogen (secondary N) is 2. The Morgan fingerprint density at radius 3 is 2.86 bits per heavy atom. The van der Waals surface area contributed by atoms with Crippen LogP contribution in [0.1, 0.15) is 26.0 Å². The van der Waals surface area contributed by atoms with Gasteiger partial charge in [-0.2, -0.15) is 5.10 Å². The van der Waals surface area contributed by atoms with Crippen molar-refractivity contribution in [3.8, 4) is 0 Å². The highest BCUT2D eigenvalue weighted by Gasteiger charge is 1.94. The Hall–Kier alpha value is -1.58. The smallest absolute Gasteiger partial charge is 0.250 e. The van der Waals surface area contributed by atoms with E-state index in [1.807, 2.05) is 26.8 Å². The minimum atomic E-state index is -0.114. The first-order chi connectivity index (χ1) is 6.61. The van der Waals surface area contributed by atoms with Crippen molar-refractivity contribution < 1.29 is 0 Å². The molecule has 14 heavy (non-hydrogen) atoms. The molecule has 4 nitrogen and oxygen atoms in total. The summed E-state index contributed by atoms with van der Waals surface area (Å²) in [6, 6.07) is 3.33. The summed E-state index contributed by atoms with van der Waals surface area (Å²) in [6.45, 7) is 5.81. The predicted octanol–water partition coefficient (Wildman–Crippen LogP) is 1.88. The lowest BCUT2D eigenvalue weighted by molar-refractivity contribution is 1.13. The molecule has 0 atom stereocenters. The minimum Gasteiger partial charge on any atom is -0.326 e. The zero-order chi connectivity index (χ0) is 10.6. The fourth-order valence-electron chi connectivity index (χ4n) is 0.986. The quantitative estimate of drug-likeness (QED) is 0.569. The molecule has 0 saturated heterocycles. The van der Waals surface area contributed by atoms with Crippen LogP contribution in [0.4, 0.5) is 5.69 Å². The molecule has 0 unspecified atom stereocenters. The van der Waals surface area contributed by atoms with Crippen molar-refractivity contribution in [2.24, 2.45) is 5.10 Å². The fourth-order valence-corrected chi connectivity index (χ4v) is 0.986. The molecule has 0 fully saturated rings. The molecular formula is C10H15N3O. The normalized spacial score (nSPS) is 11.5. The maximum absolute atomic E-state index is 11.1. The van der Waals surface area contributed by atoms with Gasteiger partial charge in [0.1, 0.15) is 0 Å². The molecule has 76 valence electrons. The van der Waals surface area contributed by atoms with Crippen LogP contribution in [-0.2, 0) is 0 Å². The Labute approximate surface area is 83.1 Å². The van der Waals surface area contributed by atoms with Gasteiger partial charge in [0.15, 0.2) is 0 Å². The molecule has 0 bridgehead atoms. The number of pyridine rings is 1. The number of hydrazone groups is 1. The lowest BCUT2D eigenvalue weighted by Gasteiger charge is -2.02. The van der Waals surface area contributed by atoms with Crippen molar-refractivity contribution >= 4 is 11.4 Å². The number of aromatic amines is 1. The van der Waals surface area contributed by atoms with Crippen LogP contribution in [0.15, 0.2) is 22.0 Å². The molecule has 1 rings (SSSR count). The van der Waals surface area contributed by atoms with E-state index in [0.717, 1.165) is 23.5 Å². The second-order valence-corrected chi connectivity index (χ2v) is 3.23. The van der Waals surface area contributed by atoms with E-state index in [1.165, 1.54) is 6.07 Å². The van der Waals surface area contributed by atoms with Crippen molar-refractivity contribution in [1.82, 2.24) is 4.98 Å². The summed E-state index contributed by atoms with van der Waals surface area (Å²) in [7, 11) is 0. The van der Waals surface area contributed by atoms with Gasteiger partial charge in [0.05, 0.1) is 5.69 Å². The third-order valence-corrected chi connectivity index (χ3v) is 1.87. The Balaban J connectivity index is 2.82. The van der Waals surface area contributed by atoms with E-state index in [2.05, 4.69) is 15.5 Å². The second kappa shape index (κ2) is 4.60. The number of aryl methyl sites for hydroxylation is 1. The summed E-state index contributed by atoms with van der Waals surface area (Å²) in [5.41, 5.74) is 5.28. The molecule has 1 aromatic rings. The number of hydrogen-bond donors (Lipinski definition) is 2. The molecule has 0 radical (unpaired) electrons. The highest BCUT2D eigenvalue weighted by molar-refractivity contribution is 5.82. The number of anilines is 1. The van der Waals surface area contributed by atoms with Crippen molar-refractivity contribution in [3.63, 3.8) is 0 Å². The van der Waals surface area contributed by atoms with Gasteiger partial charge < -0.3 is 4.98 Å². The molecule has 4 heteroatoms. The van der Waals surface area contributed by atoms with E-state index in [0.29, 0.717) is 0 Å². The predicted molar refractivity (Wildman–Crippen MR) is 58.8 cm³/mol. The van der Waals surface area contributed by atoms with Gasteiger partial charge in [0.25, 0.3) is 0 Å². The fraction of sp³-hybridized carbons (Fsp3) is 0.400. The Kier molecular flexibility index (Phi) is 3.45.